The van der Waals surface area contributed by atoms with Crippen LogP contribution in [0.15, 0.2) is 16.7 Å². The first-order valence-electron chi connectivity index (χ1n) is 6.00. The Morgan fingerprint density at radius 3 is 2.81 bits per heavy atom. The van der Waals surface area contributed by atoms with Gasteiger partial charge in [-0.1, -0.05) is 19.3 Å². The van der Waals surface area contributed by atoms with Crippen LogP contribution in [0, 0.1) is 12.8 Å². The monoisotopic (exact) mass is 283 g/mol. The zero-order chi connectivity index (χ0) is 11.4. The molecule has 0 aromatic carbocycles. The highest BCUT2D eigenvalue weighted by atomic mass is 79.9. The second-order valence-electron chi connectivity index (χ2n) is 4.59. The zero-order valence-electron chi connectivity index (χ0n) is 9.71. The molecule has 0 bridgehead atoms. The van der Waals surface area contributed by atoms with E-state index in [0.29, 0.717) is 0 Å². The maximum absolute atomic E-state index is 5.75. The molecular formula is C13H18BrNO. The maximum atomic E-state index is 5.75. The Balaban J connectivity index is 1.86. The summed E-state index contributed by atoms with van der Waals surface area (Å²) < 4.78 is 6.79. The quantitative estimate of drug-likeness (QED) is 0.833. The molecule has 1 fully saturated rings. The lowest BCUT2D eigenvalue weighted by atomic mass is 9.90. The summed E-state index contributed by atoms with van der Waals surface area (Å²) in [6.07, 6.45) is 8.56. The Bertz CT molecular complexity index is 348. The molecule has 0 radical (unpaired) electrons. The van der Waals surface area contributed by atoms with Crippen LogP contribution in [0.1, 0.15) is 37.7 Å². The molecule has 0 spiro atoms. The molecule has 0 amide bonds. The standard InChI is InChI=1S/C13H18BrNO/c1-10-7-13(15-8-12(10)14)16-9-11-5-3-2-4-6-11/h7-8,11H,2-6,9H2,1H3. The molecule has 1 aromatic heterocycles. The van der Waals surface area contributed by atoms with Crippen LogP contribution >= 0.6 is 15.9 Å². The number of aromatic nitrogens is 1. The van der Waals surface area contributed by atoms with Gasteiger partial charge in [-0.2, -0.15) is 0 Å². The molecule has 1 aliphatic carbocycles. The van der Waals surface area contributed by atoms with E-state index >= 15 is 0 Å². The van der Waals surface area contributed by atoms with Crippen molar-refractivity contribution in [3.05, 3.63) is 22.3 Å². The van der Waals surface area contributed by atoms with Crippen molar-refractivity contribution in [1.29, 1.82) is 0 Å². The predicted octanol–water partition coefficient (Wildman–Crippen LogP) is 4.11. The van der Waals surface area contributed by atoms with Crippen LogP contribution < -0.4 is 4.74 Å². The Hall–Kier alpha value is -0.570. The van der Waals surface area contributed by atoms with E-state index in [1.54, 1.807) is 0 Å². The predicted molar refractivity (Wildman–Crippen MR) is 68.7 cm³/mol. The number of ether oxygens (including phenoxy) is 1. The summed E-state index contributed by atoms with van der Waals surface area (Å²) >= 11 is 3.44. The minimum Gasteiger partial charge on any atom is -0.477 e. The minimum atomic E-state index is 0.736. The van der Waals surface area contributed by atoms with E-state index in [-0.39, 0.29) is 0 Å². The van der Waals surface area contributed by atoms with E-state index in [2.05, 4.69) is 27.8 Å². The molecule has 1 aliphatic rings. The highest BCUT2D eigenvalue weighted by Crippen LogP contribution is 2.25. The SMILES string of the molecule is Cc1cc(OCC2CCCCC2)ncc1Br. The third kappa shape index (κ3) is 3.21. The lowest BCUT2D eigenvalue weighted by molar-refractivity contribution is 0.203. The highest BCUT2D eigenvalue weighted by Gasteiger charge is 2.14. The molecule has 0 N–H and O–H groups in total. The van der Waals surface area contributed by atoms with Gasteiger partial charge in [-0.3, -0.25) is 0 Å². The summed E-state index contributed by atoms with van der Waals surface area (Å²) in [5.41, 5.74) is 1.17. The topological polar surface area (TPSA) is 22.1 Å². The van der Waals surface area contributed by atoms with Gasteiger partial charge in [0, 0.05) is 16.7 Å². The fraction of sp³-hybridized carbons (Fsp3) is 0.615. The molecule has 88 valence electrons. The number of halogens is 1. The average Bonchev–Trinajstić information content (AvgIpc) is 2.32. The molecule has 1 aromatic rings. The summed E-state index contributed by atoms with van der Waals surface area (Å²) in [6, 6.07) is 1.99. The van der Waals surface area contributed by atoms with E-state index < -0.39 is 0 Å². The molecule has 0 unspecified atom stereocenters. The van der Waals surface area contributed by atoms with Gasteiger partial charge in [0.2, 0.25) is 5.88 Å². The molecule has 3 heteroatoms. The van der Waals surface area contributed by atoms with Gasteiger partial charge in [-0.25, -0.2) is 4.98 Å². The van der Waals surface area contributed by atoms with Crippen LogP contribution in [0.25, 0.3) is 0 Å². The lowest BCUT2D eigenvalue weighted by Gasteiger charge is -2.21. The van der Waals surface area contributed by atoms with Gasteiger partial charge in [0.05, 0.1) is 6.61 Å². The Kier molecular flexibility index (Phi) is 4.22. The number of hydrogen-bond donors (Lipinski definition) is 0. The molecular weight excluding hydrogens is 266 g/mol. The molecule has 2 rings (SSSR count). The van der Waals surface area contributed by atoms with Crippen molar-refractivity contribution >= 4 is 15.9 Å². The molecule has 1 saturated carbocycles. The van der Waals surface area contributed by atoms with E-state index in [1.165, 1.54) is 37.7 Å². The molecule has 0 atom stereocenters. The number of hydrogen-bond acceptors (Lipinski definition) is 2. The van der Waals surface area contributed by atoms with Gasteiger partial charge in [0.25, 0.3) is 0 Å². The summed E-state index contributed by atoms with van der Waals surface area (Å²) in [7, 11) is 0. The van der Waals surface area contributed by atoms with Crippen molar-refractivity contribution < 1.29 is 4.74 Å². The zero-order valence-corrected chi connectivity index (χ0v) is 11.3. The van der Waals surface area contributed by atoms with Crippen LogP contribution in [0.5, 0.6) is 5.88 Å². The van der Waals surface area contributed by atoms with Crippen molar-refractivity contribution in [3.63, 3.8) is 0 Å². The number of nitrogens with zero attached hydrogens (tertiary/aromatic N) is 1. The van der Waals surface area contributed by atoms with E-state index in [9.17, 15) is 0 Å². The third-order valence-corrected chi connectivity index (χ3v) is 4.04. The van der Waals surface area contributed by atoms with Crippen LogP contribution in [0.4, 0.5) is 0 Å². The largest absolute Gasteiger partial charge is 0.477 e. The lowest BCUT2D eigenvalue weighted by Crippen LogP contribution is -2.15. The van der Waals surface area contributed by atoms with Crippen molar-refractivity contribution in [1.82, 2.24) is 4.98 Å². The molecule has 16 heavy (non-hydrogen) atoms. The summed E-state index contributed by atoms with van der Waals surface area (Å²) in [4.78, 5) is 4.25. The Morgan fingerprint density at radius 2 is 2.12 bits per heavy atom. The van der Waals surface area contributed by atoms with Crippen molar-refractivity contribution in [3.8, 4) is 5.88 Å². The number of pyridine rings is 1. The van der Waals surface area contributed by atoms with Crippen molar-refractivity contribution in [2.75, 3.05) is 6.61 Å². The number of aryl methyl sites for hydroxylation is 1. The van der Waals surface area contributed by atoms with Gasteiger partial charge >= 0.3 is 0 Å². The van der Waals surface area contributed by atoms with Crippen LogP contribution in [0.3, 0.4) is 0 Å². The first-order valence-corrected chi connectivity index (χ1v) is 6.80. The van der Waals surface area contributed by atoms with Crippen LogP contribution in [-0.4, -0.2) is 11.6 Å². The normalized spacial score (nSPS) is 17.4. The summed E-state index contributed by atoms with van der Waals surface area (Å²) in [6.45, 7) is 2.88. The second-order valence-corrected chi connectivity index (χ2v) is 5.44. The smallest absolute Gasteiger partial charge is 0.213 e. The first-order chi connectivity index (χ1) is 7.75. The van der Waals surface area contributed by atoms with Gasteiger partial charge in [0.15, 0.2) is 0 Å². The van der Waals surface area contributed by atoms with Gasteiger partial charge in [-0.15, -0.1) is 0 Å². The van der Waals surface area contributed by atoms with Gasteiger partial charge < -0.3 is 4.74 Å². The molecule has 0 saturated heterocycles. The maximum Gasteiger partial charge on any atom is 0.213 e. The fourth-order valence-corrected chi connectivity index (χ4v) is 2.37. The van der Waals surface area contributed by atoms with Crippen molar-refractivity contribution in [2.45, 2.75) is 39.0 Å². The Labute approximate surface area is 106 Å². The van der Waals surface area contributed by atoms with E-state index in [0.717, 1.165) is 22.9 Å². The fourth-order valence-electron chi connectivity index (χ4n) is 2.15. The minimum absolute atomic E-state index is 0.736. The molecule has 2 nitrogen and oxygen atoms in total. The average molecular weight is 284 g/mol. The molecule has 0 aliphatic heterocycles. The van der Waals surface area contributed by atoms with Gasteiger partial charge in [0.1, 0.15) is 0 Å². The second kappa shape index (κ2) is 5.67. The summed E-state index contributed by atoms with van der Waals surface area (Å²) in [5, 5.41) is 0. The van der Waals surface area contributed by atoms with E-state index in [4.69, 9.17) is 4.74 Å². The highest BCUT2D eigenvalue weighted by molar-refractivity contribution is 9.10. The number of rotatable bonds is 3. The summed E-state index contributed by atoms with van der Waals surface area (Å²) in [5.74, 6) is 1.49. The molecule has 1 heterocycles. The van der Waals surface area contributed by atoms with Crippen LogP contribution in [0.2, 0.25) is 0 Å². The third-order valence-electron chi connectivity index (χ3n) is 3.21. The van der Waals surface area contributed by atoms with E-state index in [1.807, 2.05) is 12.3 Å². The van der Waals surface area contributed by atoms with Gasteiger partial charge in [-0.05, 0) is 47.2 Å². The Morgan fingerprint density at radius 1 is 1.38 bits per heavy atom. The van der Waals surface area contributed by atoms with Crippen molar-refractivity contribution in [2.24, 2.45) is 5.92 Å². The first kappa shape index (κ1) is 11.9. The van der Waals surface area contributed by atoms with Crippen LogP contribution in [-0.2, 0) is 0 Å².